The van der Waals surface area contributed by atoms with E-state index < -0.39 is 0 Å². The monoisotopic (exact) mass is 567 g/mol. The van der Waals surface area contributed by atoms with Crippen LogP contribution < -0.4 is 5.73 Å². The molecule has 0 spiro atoms. The lowest BCUT2D eigenvalue weighted by molar-refractivity contribution is 0.755. The third-order valence-electron chi connectivity index (χ3n) is 9.74. The predicted octanol–water partition coefficient (Wildman–Crippen LogP) is 9.73. The molecule has 3 nitrogen and oxygen atoms in total. The molecule has 0 atom stereocenters. The van der Waals surface area contributed by atoms with E-state index in [1.807, 2.05) is 0 Å². The summed E-state index contributed by atoms with van der Waals surface area (Å²) in [5.41, 5.74) is 21.0. The summed E-state index contributed by atoms with van der Waals surface area (Å²) in [6, 6.07) is 41.6. The van der Waals surface area contributed by atoms with Crippen LogP contribution in [0.1, 0.15) is 40.9 Å². The number of allylic oxidation sites excluding steroid dienone is 4. The zero-order valence-electron chi connectivity index (χ0n) is 24.6. The van der Waals surface area contributed by atoms with Crippen molar-refractivity contribution in [1.29, 1.82) is 0 Å². The lowest BCUT2D eigenvalue weighted by Gasteiger charge is -2.24. The van der Waals surface area contributed by atoms with Crippen LogP contribution in [0.2, 0.25) is 0 Å². The topological polar surface area (TPSA) is 35.9 Å². The van der Waals surface area contributed by atoms with Gasteiger partial charge in [0.15, 0.2) is 0 Å². The summed E-state index contributed by atoms with van der Waals surface area (Å²) in [7, 11) is 0. The molecule has 0 bridgehead atoms. The highest BCUT2D eigenvalue weighted by Gasteiger charge is 2.30. The van der Waals surface area contributed by atoms with Gasteiger partial charge in [-0.15, -0.1) is 0 Å². The Bertz CT molecular complexity index is 2310. The van der Waals surface area contributed by atoms with Crippen LogP contribution in [0.3, 0.4) is 0 Å². The zero-order valence-corrected chi connectivity index (χ0v) is 24.6. The van der Waals surface area contributed by atoms with Crippen molar-refractivity contribution in [1.82, 2.24) is 9.13 Å². The van der Waals surface area contributed by atoms with Crippen molar-refractivity contribution < 1.29 is 0 Å². The Kier molecular flexibility index (Phi) is 5.67. The van der Waals surface area contributed by atoms with Crippen molar-refractivity contribution in [2.24, 2.45) is 0 Å². The standard InChI is InChI=1S/C41H33N3/c42-41-28(25-24-27-12-4-5-15-30(27)41)26-43-35-20-8-6-16-33(35)39-31(18-10-22-37(39)43)32-19-11-23-38-40(32)34-17-7-9-21-36(34)44(38)29-13-2-1-3-14-29/h1-9,12-21,24-25H,10-11,22-23,26,42H2. The van der Waals surface area contributed by atoms with Crippen LogP contribution in [-0.4, -0.2) is 9.13 Å². The highest BCUT2D eigenvalue weighted by molar-refractivity contribution is 6.17. The van der Waals surface area contributed by atoms with Crippen molar-refractivity contribution >= 4 is 49.4 Å². The summed E-state index contributed by atoms with van der Waals surface area (Å²) in [6.07, 6.45) is 9.11. The number of hydrogen-bond acceptors (Lipinski definition) is 1. The van der Waals surface area contributed by atoms with E-state index in [1.165, 1.54) is 72.1 Å². The molecule has 5 aromatic carbocycles. The van der Waals surface area contributed by atoms with Gasteiger partial charge in [-0.25, -0.2) is 0 Å². The lowest BCUT2D eigenvalue weighted by Crippen LogP contribution is -2.11. The Labute approximate surface area is 257 Å². The number of nitrogens with two attached hydrogens (primary N) is 1. The van der Waals surface area contributed by atoms with E-state index in [2.05, 4.69) is 137 Å². The van der Waals surface area contributed by atoms with Gasteiger partial charge in [0.2, 0.25) is 0 Å². The fraction of sp³-hybridized carbons (Fsp3) is 0.122. The lowest BCUT2D eigenvalue weighted by atomic mass is 9.82. The summed E-state index contributed by atoms with van der Waals surface area (Å²) in [5, 5.41) is 4.98. The van der Waals surface area contributed by atoms with E-state index in [-0.39, 0.29) is 0 Å². The summed E-state index contributed by atoms with van der Waals surface area (Å²) in [6.45, 7) is 0.761. The van der Waals surface area contributed by atoms with Crippen molar-refractivity contribution in [2.45, 2.75) is 32.2 Å². The number of para-hydroxylation sites is 3. The van der Waals surface area contributed by atoms with E-state index in [9.17, 15) is 0 Å². The predicted molar refractivity (Wildman–Crippen MR) is 185 cm³/mol. The van der Waals surface area contributed by atoms with E-state index in [0.717, 1.165) is 43.3 Å². The molecule has 3 heteroatoms. The molecule has 0 saturated heterocycles. The van der Waals surface area contributed by atoms with Crippen LogP contribution in [0.4, 0.5) is 5.69 Å². The van der Waals surface area contributed by atoms with Crippen LogP contribution in [0.15, 0.2) is 127 Å². The first-order valence-electron chi connectivity index (χ1n) is 15.7. The maximum Gasteiger partial charge on any atom is 0.0537 e. The average molecular weight is 568 g/mol. The molecule has 0 unspecified atom stereocenters. The molecule has 212 valence electrons. The van der Waals surface area contributed by atoms with Gasteiger partial charge in [-0.2, -0.15) is 0 Å². The van der Waals surface area contributed by atoms with Crippen molar-refractivity contribution in [3.05, 3.63) is 155 Å². The van der Waals surface area contributed by atoms with Crippen LogP contribution in [-0.2, 0) is 19.4 Å². The first kappa shape index (κ1) is 25.2. The van der Waals surface area contributed by atoms with E-state index in [1.54, 1.807) is 0 Å². The SMILES string of the molecule is Nc1c(Cn2c3c(c4ccccc42)C(C2=CCCc4c2c2ccccc2n4-c2ccccc2)=CCC3)ccc2ccccc12. The van der Waals surface area contributed by atoms with Crippen LogP contribution in [0.5, 0.6) is 0 Å². The molecular weight excluding hydrogens is 534 g/mol. The summed E-state index contributed by atoms with van der Waals surface area (Å²) in [4.78, 5) is 0. The quantitative estimate of drug-likeness (QED) is 0.211. The van der Waals surface area contributed by atoms with Gasteiger partial charge in [-0.05, 0) is 72.0 Å². The number of anilines is 1. The minimum absolute atomic E-state index is 0.761. The third-order valence-corrected chi connectivity index (χ3v) is 9.74. The maximum absolute atomic E-state index is 6.82. The first-order chi connectivity index (χ1) is 21.8. The normalized spacial score (nSPS) is 14.5. The zero-order chi connectivity index (χ0) is 29.2. The molecule has 7 aromatic rings. The van der Waals surface area contributed by atoms with Crippen molar-refractivity contribution in [2.75, 3.05) is 5.73 Å². The third kappa shape index (κ3) is 3.69. The Morgan fingerprint density at radius 2 is 1.14 bits per heavy atom. The minimum Gasteiger partial charge on any atom is -0.398 e. The van der Waals surface area contributed by atoms with Gasteiger partial charge in [0.1, 0.15) is 0 Å². The van der Waals surface area contributed by atoms with Gasteiger partial charge in [0.25, 0.3) is 0 Å². The van der Waals surface area contributed by atoms with Gasteiger partial charge < -0.3 is 14.9 Å². The van der Waals surface area contributed by atoms with Gasteiger partial charge in [0, 0.05) is 62.1 Å². The number of nitrogens with zero attached hydrogens (tertiary/aromatic N) is 2. The van der Waals surface area contributed by atoms with E-state index in [0.29, 0.717) is 0 Å². The molecule has 0 radical (unpaired) electrons. The Hall–Kier alpha value is -5.28. The van der Waals surface area contributed by atoms with E-state index >= 15 is 0 Å². The van der Waals surface area contributed by atoms with Crippen LogP contribution in [0.25, 0.3) is 49.4 Å². The molecule has 0 fully saturated rings. The second-order valence-corrected chi connectivity index (χ2v) is 12.1. The van der Waals surface area contributed by atoms with Gasteiger partial charge in [0.05, 0.1) is 5.52 Å². The summed E-state index contributed by atoms with van der Waals surface area (Å²) in [5.74, 6) is 0. The smallest absolute Gasteiger partial charge is 0.0537 e. The molecule has 44 heavy (non-hydrogen) atoms. The fourth-order valence-electron chi connectivity index (χ4n) is 7.85. The van der Waals surface area contributed by atoms with Gasteiger partial charge >= 0.3 is 0 Å². The number of rotatable bonds is 4. The number of nitrogen functional groups attached to an aromatic ring is 1. The fourth-order valence-corrected chi connectivity index (χ4v) is 7.85. The van der Waals surface area contributed by atoms with Crippen molar-refractivity contribution in [3.8, 4) is 5.69 Å². The minimum atomic E-state index is 0.761. The largest absolute Gasteiger partial charge is 0.398 e. The van der Waals surface area contributed by atoms with Crippen LogP contribution in [0, 0.1) is 0 Å². The summed E-state index contributed by atoms with van der Waals surface area (Å²) < 4.78 is 5.03. The van der Waals surface area contributed by atoms with E-state index in [4.69, 9.17) is 5.73 Å². The van der Waals surface area contributed by atoms with Crippen molar-refractivity contribution in [3.63, 3.8) is 0 Å². The number of aromatic nitrogens is 2. The molecule has 9 rings (SSSR count). The molecule has 0 amide bonds. The second-order valence-electron chi connectivity index (χ2n) is 12.1. The van der Waals surface area contributed by atoms with Gasteiger partial charge in [-0.3, -0.25) is 0 Å². The Balaban J connectivity index is 1.23. The maximum atomic E-state index is 6.82. The first-order valence-corrected chi connectivity index (χ1v) is 15.7. The molecule has 2 aromatic heterocycles. The summed E-state index contributed by atoms with van der Waals surface area (Å²) >= 11 is 0. The Morgan fingerprint density at radius 1 is 0.545 bits per heavy atom. The molecule has 2 heterocycles. The highest BCUT2D eigenvalue weighted by Crippen LogP contribution is 2.48. The molecule has 2 aliphatic carbocycles. The van der Waals surface area contributed by atoms with Crippen LogP contribution >= 0.6 is 0 Å². The second kappa shape index (κ2) is 9.89. The molecule has 0 aliphatic heterocycles. The van der Waals surface area contributed by atoms with Gasteiger partial charge in [-0.1, -0.05) is 103 Å². The molecule has 2 N–H and O–H groups in total. The number of hydrogen-bond donors (Lipinski definition) is 1. The average Bonchev–Trinajstić information content (AvgIpc) is 3.59. The number of benzene rings is 5. The highest BCUT2D eigenvalue weighted by atomic mass is 15.0. The molecule has 0 saturated carbocycles. The Morgan fingerprint density at radius 3 is 1.91 bits per heavy atom. The molecular formula is C41H33N3. The molecule has 2 aliphatic rings. The number of fused-ring (bicyclic) bond motifs is 7.